The number of thiophene rings is 1. The second-order valence-corrected chi connectivity index (χ2v) is 8.31. The summed E-state index contributed by atoms with van der Waals surface area (Å²) in [5, 5.41) is 11.7. The third kappa shape index (κ3) is 5.19. The summed E-state index contributed by atoms with van der Waals surface area (Å²) >= 11 is 3.64. The first kappa shape index (κ1) is 18.2. The minimum absolute atomic E-state index is 0.494. The number of nitrogens with zero attached hydrogens (tertiary/aromatic N) is 3. The van der Waals surface area contributed by atoms with Gasteiger partial charge in [-0.3, -0.25) is 4.99 Å². The van der Waals surface area contributed by atoms with Crippen LogP contribution >= 0.6 is 22.7 Å². The number of nitrogens with one attached hydrogen (secondary N) is 2. The maximum Gasteiger partial charge on any atom is 0.191 e. The maximum absolute atomic E-state index is 4.47. The predicted octanol–water partition coefficient (Wildman–Crippen LogP) is 3.14. The molecule has 2 aromatic rings. The topological polar surface area (TPSA) is 52.6 Å². The number of rotatable bonds is 6. The average Bonchev–Trinajstić information content (AvgIpc) is 3.33. The van der Waals surface area contributed by atoms with Gasteiger partial charge in [0.15, 0.2) is 5.96 Å². The number of aliphatic imine (C=N–C) groups is 1. The number of piperidine rings is 1. The van der Waals surface area contributed by atoms with Crippen molar-refractivity contribution in [2.45, 2.75) is 38.6 Å². The van der Waals surface area contributed by atoms with E-state index in [2.05, 4.69) is 49.9 Å². The Morgan fingerprint density at radius 3 is 2.88 bits per heavy atom. The van der Waals surface area contributed by atoms with Gasteiger partial charge in [-0.2, -0.15) is 0 Å². The van der Waals surface area contributed by atoms with Crippen LogP contribution in [0.3, 0.4) is 0 Å². The molecule has 136 valence electrons. The monoisotopic (exact) mass is 377 g/mol. The van der Waals surface area contributed by atoms with Crippen LogP contribution in [0.5, 0.6) is 0 Å². The van der Waals surface area contributed by atoms with Gasteiger partial charge in [-0.15, -0.1) is 22.7 Å². The highest BCUT2D eigenvalue weighted by molar-refractivity contribution is 7.14. The van der Waals surface area contributed by atoms with Gasteiger partial charge in [0.05, 0.1) is 10.0 Å². The molecule has 25 heavy (non-hydrogen) atoms. The minimum Gasteiger partial charge on any atom is -0.363 e. The molecule has 0 radical (unpaired) electrons. The van der Waals surface area contributed by atoms with Crippen LogP contribution in [0.25, 0.3) is 0 Å². The first-order valence-electron chi connectivity index (χ1n) is 8.97. The van der Waals surface area contributed by atoms with E-state index in [4.69, 9.17) is 0 Å². The molecular weight excluding hydrogens is 350 g/mol. The van der Waals surface area contributed by atoms with Crippen molar-refractivity contribution in [2.75, 3.05) is 31.6 Å². The first-order chi connectivity index (χ1) is 12.3. The predicted molar refractivity (Wildman–Crippen MR) is 109 cm³/mol. The second kappa shape index (κ2) is 9.20. The molecule has 0 amide bonds. The summed E-state index contributed by atoms with van der Waals surface area (Å²) in [6, 6.07) is 4.83. The summed E-state index contributed by atoms with van der Waals surface area (Å²) < 4.78 is 0. The van der Waals surface area contributed by atoms with Gasteiger partial charge in [0.25, 0.3) is 0 Å². The van der Waals surface area contributed by atoms with Crippen LogP contribution < -0.4 is 15.5 Å². The van der Waals surface area contributed by atoms with Gasteiger partial charge in [0.1, 0.15) is 0 Å². The van der Waals surface area contributed by atoms with Crippen LogP contribution in [-0.2, 0) is 12.8 Å². The smallest absolute Gasteiger partial charge is 0.191 e. The van der Waals surface area contributed by atoms with E-state index < -0.39 is 0 Å². The van der Waals surface area contributed by atoms with Crippen molar-refractivity contribution in [3.63, 3.8) is 0 Å². The van der Waals surface area contributed by atoms with Gasteiger partial charge < -0.3 is 15.5 Å². The summed E-state index contributed by atoms with van der Waals surface area (Å²) in [4.78, 5) is 12.7. The quantitative estimate of drug-likeness (QED) is 0.600. The van der Waals surface area contributed by atoms with E-state index in [0.717, 1.165) is 51.3 Å². The first-order valence-corrected chi connectivity index (χ1v) is 10.7. The van der Waals surface area contributed by atoms with E-state index in [1.165, 1.54) is 14.9 Å². The van der Waals surface area contributed by atoms with Crippen molar-refractivity contribution in [2.24, 2.45) is 4.99 Å². The zero-order valence-electron chi connectivity index (χ0n) is 15.0. The van der Waals surface area contributed by atoms with Crippen LogP contribution in [0.1, 0.15) is 29.7 Å². The Morgan fingerprint density at radius 2 is 2.24 bits per heavy atom. The molecule has 0 spiro atoms. The Kier molecular flexibility index (Phi) is 6.69. The van der Waals surface area contributed by atoms with Crippen LogP contribution in [0.4, 0.5) is 5.00 Å². The SMILES string of the molecule is CCc1cnc(CCNC(=NC)NC2CCN(c3cccs3)CC2)s1. The molecule has 0 bridgehead atoms. The van der Waals surface area contributed by atoms with Gasteiger partial charge in [0, 0.05) is 50.2 Å². The lowest BCUT2D eigenvalue weighted by atomic mass is 10.1. The number of aryl methyl sites for hydroxylation is 1. The molecule has 5 nitrogen and oxygen atoms in total. The van der Waals surface area contributed by atoms with E-state index in [0.29, 0.717) is 6.04 Å². The van der Waals surface area contributed by atoms with Crippen molar-refractivity contribution >= 4 is 33.6 Å². The normalized spacial score (nSPS) is 16.2. The van der Waals surface area contributed by atoms with E-state index in [-0.39, 0.29) is 0 Å². The molecule has 1 fully saturated rings. The lowest BCUT2D eigenvalue weighted by Crippen LogP contribution is -2.49. The van der Waals surface area contributed by atoms with Crippen LogP contribution in [0.15, 0.2) is 28.7 Å². The molecule has 2 N–H and O–H groups in total. The van der Waals surface area contributed by atoms with Gasteiger partial charge in [0.2, 0.25) is 0 Å². The molecule has 1 aliphatic heterocycles. The molecule has 2 aromatic heterocycles. The molecular formula is C18H27N5S2. The van der Waals surface area contributed by atoms with Gasteiger partial charge in [-0.1, -0.05) is 6.92 Å². The van der Waals surface area contributed by atoms with Crippen molar-refractivity contribution in [1.29, 1.82) is 0 Å². The van der Waals surface area contributed by atoms with Crippen LogP contribution in [0.2, 0.25) is 0 Å². The molecule has 1 saturated heterocycles. The van der Waals surface area contributed by atoms with Crippen LogP contribution in [0, 0.1) is 0 Å². The summed E-state index contributed by atoms with van der Waals surface area (Å²) in [5.74, 6) is 0.904. The average molecular weight is 378 g/mol. The van der Waals surface area contributed by atoms with Crippen molar-refractivity contribution in [1.82, 2.24) is 15.6 Å². The number of anilines is 1. The Bertz CT molecular complexity index is 657. The summed E-state index contributed by atoms with van der Waals surface area (Å²) in [7, 11) is 1.84. The second-order valence-electron chi connectivity index (χ2n) is 6.18. The zero-order valence-corrected chi connectivity index (χ0v) is 16.6. The third-order valence-corrected chi connectivity index (χ3v) is 6.59. The summed E-state index contributed by atoms with van der Waals surface area (Å²) in [6.07, 6.45) is 6.30. The van der Waals surface area contributed by atoms with E-state index in [9.17, 15) is 0 Å². The molecule has 7 heteroatoms. The lowest BCUT2D eigenvalue weighted by Gasteiger charge is -2.33. The molecule has 0 unspecified atom stereocenters. The Hall–Kier alpha value is -1.60. The van der Waals surface area contributed by atoms with Gasteiger partial charge in [-0.05, 0) is 36.8 Å². The standard InChI is InChI=1S/C18H27N5S2/c1-3-15-13-21-16(25-15)6-9-20-18(19-2)22-14-7-10-23(11-8-14)17-5-4-12-24-17/h4-5,12-14H,3,6-11H2,1-2H3,(H2,19,20,22). The maximum atomic E-state index is 4.47. The fraction of sp³-hybridized carbons (Fsp3) is 0.556. The van der Waals surface area contributed by atoms with E-state index in [1.54, 1.807) is 0 Å². The number of hydrogen-bond donors (Lipinski definition) is 2. The largest absolute Gasteiger partial charge is 0.363 e. The van der Waals surface area contributed by atoms with Crippen molar-refractivity contribution < 1.29 is 0 Å². The third-order valence-electron chi connectivity index (χ3n) is 4.46. The molecule has 3 rings (SSSR count). The summed E-state index contributed by atoms with van der Waals surface area (Å²) in [6.45, 7) is 5.25. The van der Waals surface area contributed by atoms with E-state index in [1.807, 2.05) is 35.9 Å². The fourth-order valence-electron chi connectivity index (χ4n) is 3.00. The van der Waals surface area contributed by atoms with Gasteiger partial charge in [-0.25, -0.2) is 4.98 Å². The Balaban J connectivity index is 1.39. The Morgan fingerprint density at radius 1 is 1.40 bits per heavy atom. The summed E-state index contributed by atoms with van der Waals surface area (Å²) in [5.41, 5.74) is 0. The number of aromatic nitrogens is 1. The van der Waals surface area contributed by atoms with Crippen molar-refractivity contribution in [3.05, 3.63) is 33.6 Å². The molecule has 0 atom stereocenters. The highest BCUT2D eigenvalue weighted by Gasteiger charge is 2.20. The number of hydrogen-bond acceptors (Lipinski definition) is 5. The fourth-order valence-corrected chi connectivity index (χ4v) is 4.64. The number of thiazole rings is 1. The number of guanidine groups is 1. The molecule has 0 aliphatic carbocycles. The van der Waals surface area contributed by atoms with Gasteiger partial charge >= 0.3 is 0 Å². The molecule has 3 heterocycles. The molecule has 0 saturated carbocycles. The minimum atomic E-state index is 0.494. The highest BCUT2D eigenvalue weighted by atomic mass is 32.1. The van der Waals surface area contributed by atoms with E-state index >= 15 is 0 Å². The lowest BCUT2D eigenvalue weighted by molar-refractivity contribution is 0.463. The molecule has 0 aromatic carbocycles. The zero-order chi connectivity index (χ0) is 17.5. The van der Waals surface area contributed by atoms with Crippen LogP contribution in [-0.4, -0.2) is 43.7 Å². The van der Waals surface area contributed by atoms with Crippen molar-refractivity contribution in [3.8, 4) is 0 Å². The highest BCUT2D eigenvalue weighted by Crippen LogP contribution is 2.24. The molecule has 1 aliphatic rings. The Labute approximate surface area is 158 Å².